The van der Waals surface area contributed by atoms with Gasteiger partial charge in [0.1, 0.15) is 23.7 Å². The number of halogens is 2. The second-order valence-corrected chi connectivity index (χ2v) is 9.87. The van der Waals surface area contributed by atoms with Crippen molar-refractivity contribution in [3.63, 3.8) is 0 Å². The van der Waals surface area contributed by atoms with E-state index >= 15 is 0 Å². The lowest BCUT2D eigenvalue weighted by Gasteiger charge is -2.56. The van der Waals surface area contributed by atoms with Crippen LogP contribution < -0.4 is 20.6 Å². The number of hydrogen-bond acceptors (Lipinski definition) is 7. The van der Waals surface area contributed by atoms with E-state index < -0.39 is 17.3 Å². The van der Waals surface area contributed by atoms with E-state index in [0.29, 0.717) is 11.4 Å². The second-order valence-electron chi connectivity index (χ2n) is 8.93. The summed E-state index contributed by atoms with van der Waals surface area (Å²) in [4.78, 5) is 19.7. The predicted octanol–water partition coefficient (Wildman–Crippen LogP) is 3.47. The summed E-state index contributed by atoms with van der Waals surface area (Å²) < 4.78 is 36.3. The Morgan fingerprint density at radius 1 is 1.14 bits per heavy atom. The molecule has 0 saturated carbocycles. The molecular formula is C24H22F2N6O2S. The molecule has 35 heavy (non-hydrogen) atoms. The van der Waals surface area contributed by atoms with Gasteiger partial charge in [0.2, 0.25) is 5.06 Å². The Bertz CT molecular complexity index is 1430. The lowest BCUT2D eigenvalue weighted by Crippen LogP contribution is -2.75. The molecule has 0 atom stereocenters. The lowest BCUT2D eigenvalue weighted by molar-refractivity contribution is 0.159. The van der Waals surface area contributed by atoms with Gasteiger partial charge in [-0.2, -0.15) is 9.78 Å². The highest BCUT2D eigenvalue weighted by Crippen LogP contribution is 2.41. The number of anilines is 1. The van der Waals surface area contributed by atoms with Gasteiger partial charge in [-0.3, -0.25) is 4.57 Å². The van der Waals surface area contributed by atoms with E-state index in [1.807, 2.05) is 6.92 Å². The maximum absolute atomic E-state index is 14.0. The molecule has 2 saturated heterocycles. The number of thiazole rings is 1. The van der Waals surface area contributed by atoms with Crippen molar-refractivity contribution in [1.82, 2.24) is 24.6 Å². The maximum atomic E-state index is 14.0. The highest BCUT2D eigenvalue weighted by atomic mass is 32.1. The number of ether oxygens (including phenoxy) is 1. The Morgan fingerprint density at radius 2 is 1.86 bits per heavy atom. The Morgan fingerprint density at radius 3 is 2.51 bits per heavy atom. The average molecular weight is 497 g/mol. The van der Waals surface area contributed by atoms with Gasteiger partial charge in [-0.05, 0) is 56.3 Å². The van der Waals surface area contributed by atoms with Crippen LogP contribution in [0.25, 0.3) is 5.69 Å². The fraction of sp³-hybridized carbons (Fsp3) is 0.292. The van der Waals surface area contributed by atoms with Crippen molar-refractivity contribution in [1.29, 1.82) is 0 Å². The van der Waals surface area contributed by atoms with Crippen LogP contribution in [-0.4, -0.2) is 44.5 Å². The van der Waals surface area contributed by atoms with Crippen LogP contribution in [0, 0.1) is 18.6 Å². The molecule has 11 heteroatoms. The molecule has 6 rings (SSSR count). The molecule has 0 amide bonds. The van der Waals surface area contributed by atoms with E-state index in [2.05, 4.69) is 20.3 Å². The summed E-state index contributed by atoms with van der Waals surface area (Å²) in [5, 5.41) is 9.28. The maximum Gasteiger partial charge on any atom is 0.350 e. The molecule has 2 aliphatic rings. The van der Waals surface area contributed by atoms with Crippen LogP contribution in [0.3, 0.4) is 0 Å². The van der Waals surface area contributed by atoms with Gasteiger partial charge in [-0.15, -0.1) is 0 Å². The molecule has 0 radical (unpaired) electrons. The van der Waals surface area contributed by atoms with Gasteiger partial charge >= 0.3 is 5.69 Å². The van der Waals surface area contributed by atoms with Gasteiger partial charge < -0.3 is 15.0 Å². The molecule has 2 fully saturated rings. The van der Waals surface area contributed by atoms with E-state index in [1.165, 1.54) is 34.8 Å². The standard InChI is InChI=1S/C24H22F2N6O2S/c1-15-21(35-22(29-15)31-12-24(13-31)9-10-27-24)34-17-7-5-16(6-8-17)32-23(33)30(14-28-32)11-18-19(25)3-2-4-20(18)26/h2-8,14,27H,9-13H2,1H3. The summed E-state index contributed by atoms with van der Waals surface area (Å²) in [6, 6.07) is 10.5. The van der Waals surface area contributed by atoms with Crippen LogP contribution in [-0.2, 0) is 6.54 Å². The molecule has 1 N–H and O–H groups in total. The SMILES string of the molecule is Cc1nc(N2CC3(CCN3)C2)sc1Oc1ccc(-n2ncn(Cc3c(F)cccc3F)c2=O)cc1. The Labute approximate surface area is 203 Å². The van der Waals surface area contributed by atoms with E-state index in [4.69, 9.17) is 4.74 Å². The lowest BCUT2D eigenvalue weighted by atomic mass is 9.81. The quantitative estimate of drug-likeness (QED) is 0.441. The summed E-state index contributed by atoms with van der Waals surface area (Å²) in [5.74, 6) is -0.810. The first-order valence-corrected chi connectivity index (χ1v) is 12.1. The molecule has 2 aromatic carbocycles. The number of nitrogens with one attached hydrogen (secondary N) is 1. The van der Waals surface area contributed by atoms with Crippen molar-refractivity contribution in [3.05, 3.63) is 82.2 Å². The molecular weight excluding hydrogens is 474 g/mol. The highest BCUT2D eigenvalue weighted by Gasteiger charge is 2.48. The summed E-state index contributed by atoms with van der Waals surface area (Å²) in [6.07, 6.45) is 2.48. The fourth-order valence-electron chi connectivity index (χ4n) is 4.40. The third kappa shape index (κ3) is 3.90. The Kier molecular flexibility index (Phi) is 5.19. The molecule has 2 aliphatic heterocycles. The molecule has 8 nitrogen and oxygen atoms in total. The topological polar surface area (TPSA) is 77.2 Å². The first-order valence-electron chi connectivity index (χ1n) is 11.2. The van der Waals surface area contributed by atoms with Crippen molar-refractivity contribution < 1.29 is 13.5 Å². The number of hydrogen-bond donors (Lipinski definition) is 1. The molecule has 180 valence electrons. The van der Waals surface area contributed by atoms with E-state index in [-0.39, 0.29) is 17.6 Å². The number of benzene rings is 2. The Hall–Kier alpha value is -3.57. The third-order valence-electron chi connectivity index (χ3n) is 6.52. The van der Waals surface area contributed by atoms with Crippen LogP contribution in [0.1, 0.15) is 17.7 Å². The summed E-state index contributed by atoms with van der Waals surface area (Å²) in [6.45, 7) is 4.70. The van der Waals surface area contributed by atoms with E-state index in [1.54, 1.807) is 24.3 Å². The number of aryl methyl sites for hydroxylation is 1. The minimum absolute atomic E-state index is 0.186. The van der Waals surface area contributed by atoms with Crippen molar-refractivity contribution in [2.75, 3.05) is 24.5 Å². The third-order valence-corrected chi connectivity index (χ3v) is 7.62. The smallest absolute Gasteiger partial charge is 0.350 e. The van der Waals surface area contributed by atoms with Crippen LogP contribution in [0.4, 0.5) is 13.9 Å². The highest BCUT2D eigenvalue weighted by molar-refractivity contribution is 7.17. The number of aromatic nitrogens is 4. The Balaban J connectivity index is 1.16. The first-order chi connectivity index (χ1) is 16.9. The van der Waals surface area contributed by atoms with Crippen LogP contribution in [0.15, 0.2) is 53.6 Å². The molecule has 4 aromatic rings. The van der Waals surface area contributed by atoms with Crippen LogP contribution in [0.5, 0.6) is 10.8 Å². The van der Waals surface area contributed by atoms with Gasteiger partial charge in [0.25, 0.3) is 0 Å². The van der Waals surface area contributed by atoms with Crippen LogP contribution >= 0.6 is 11.3 Å². The van der Waals surface area contributed by atoms with Gasteiger partial charge in [-0.1, -0.05) is 17.4 Å². The zero-order valence-corrected chi connectivity index (χ0v) is 19.7. The molecule has 0 bridgehead atoms. The van der Waals surface area contributed by atoms with E-state index in [0.717, 1.165) is 52.2 Å². The fourth-order valence-corrected chi connectivity index (χ4v) is 5.34. The predicted molar refractivity (Wildman–Crippen MR) is 128 cm³/mol. The number of nitrogens with zero attached hydrogens (tertiary/aromatic N) is 5. The minimum Gasteiger partial charge on any atom is -0.445 e. The summed E-state index contributed by atoms with van der Waals surface area (Å²) >= 11 is 1.52. The van der Waals surface area contributed by atoms with Gasteiger partial charge in [0, 0.05) is 18.7 Å². The van der Waals surface area contributed by atoms with Crippen molar-refractivity contribution in [2.24, 2.45) is 0 Å². The van der Waals surface area contributed by atoms with E-state index in [9.17, 15) is 13.6 Å². The molecule has 0 aliphatic carbocycles. The zero-order chi connectivity index (χ0) is 24.2. The molecule has 1 spiro atoms. The normalized spacial score (nSPS) is 16.3. The van der Waals surface area contributed by atoms with Crippen molar-refractivity contribution >= 4 is 16.5 Å². The van der Waals surface area contributed by atoms with Crippen molar-refractivity contribution in [2.45, 2.75) is 25.4 Å². The minimum atomic E-state index is -0.707. The number of rotatable bonds is 6. The summed E-state index contributed by atoms with van der Waals surface area (Å²) in [7, 11) is 0. The average Bonchev–Trinajstić information content (AvgIpc) is 3.32. The molecule has 4 heterocycles. The zero-order valence-electron chi connectivity index (χ0n) is 18.9. The largest absolute Gasteiger partial charge is 0.445 e. The van der Waals surface area contributed by atoms with Gasteiger partial charge in [-0.25, -0.2) is 18.6 Å². The summed E-state index contributed by atoms with van der Waals surface area (Å²) in [5.41, 5.74) is 0.931. The first kappa shape index (κ1) is 21.9. The van der Waals surface area contributed by atoms with Gasteiger partial charge in [0.15, 0.2) is 5.13 Å². The monoisotopic (exact) mass is 496 g/mol. The van der Waals surface area contributed by atoms with Crippen LogP contribution in [0.2, 0.25) is 0 Å². The van der Waals surface area contributed by atoms with Gasteiger partial charge in [0.05, 0.1) is 23.5 Å². The van der Waals surface area contributed by atoms with Crippen molar-refractivity contribution in [3.8, 4) is 16.5 Å². The molecule has 0 unspecified atom stereocenters. The molecule has 2 aromatic heterocycles. The second kappa shape index (κ2) is 8.28.